The van der Waals surface area contributed by atoms with Gasteiger partial charge in [-0.25, -0.2) is 0 Å². The number of hydrogen-bond donors (Lipinski definition) is 2. The highest BCUT2D eigenvalue weighted by atomic mass is 79.9. The summed E-state index contributed by atoms with van der Waals surface area (Å²) in [7, 11) is 0. The minimum atomic E-state index is -0.374. The molecule has 1 atom stereocenters. The van der Waals surface area contributed by atoms with Gasteiger partial charge in [-0.15, -0.1) is 0 Å². The first kappa shape index (κ1) is 14.6. The van der Waals surface area contributed by atoms with Crippen molar-refractivity contribution in [2.75, 3.05) is 11.9 Å². The zero-order valence-corrected chi connectivity index (χ0v) is 13.6. The van der Waals surface area contributed by atoms with Crippen molar-refractivity contribution in [2.45, 2.75) is 31.2 Å². The quantitative estimate of drug-likeness (QED) is 0.804. The molecule has 2 aromatic rings. The molecule has 1 aliphatic carbocycles. The Balaban J connectivity index is 2.00. The largest absolute Gasteiger partial charge is 0.394 e. The minimum absolute atomic E-state index is 0.111. The van der Waals surface area contributed by atoms with E-state index < -0.39 is 0 Å². The normalized spacial score (nSPS) is 21.4. The van der Waals surface area contributed by atoms with E-state index in [-0.39, 0.29) is 12.1 Å². The van der Waals surface area contributed by atoms with Crippen LogP contribution in [0.3, 0.4) is 0 Å². The average Bonchev–Trinajstić information content (AvgIpc) is 2.70. The maximum Gasteiger partial charge on any atom is 0.0859 e. The molecule has 3 heteroatoms. The molecule has 2 N–H and O–H groups in total. The third-order valence-corrected chi connectivity index (χ3v) is 4.86. The summed E-state index contributed by atoms with van der Waals surface area (Å²) in [6, 6.07) is 16.6. The number of aliphatic hydroxyl groups excluding tert-OH is 1. The predicted octanol–water partition coefficient (Wildman–Crippen LogP) is 4.48. The first-order chi connectivity index (χ1) is 10.2. The van der Waals surface area contributed by atoms with E-state index in [0.29, 0.717) is 0 Å². The molecule has 0 aromatic heterocycles. The Morgan fingerprint density at radius 3 is 2.57 bits per heavy atom. The molecule has 2 aromatic carbocycles. The van der Waals surface area contributed by atoms with Crippen LogP contribution in [0, 0.1) is 0 Å². The highest BCUT2D eigenvalue weighted by Crippen LogP contribution is 2.37. The molecule has 3 rings (SSSR count). The van der Waals surface area contributed by atoms with Crippen molar-refractivity contribution >= 4 is 21.6 Å². The molecule has 0 fully saturated rings. The van der Waals surface area contributed by atoms with Crippen molar-refractivity contribution < 1.29 is 5.11 Å². The van der Waals surface area contributed by atoms with Crippen LogP contribution in [0.2, 0.25) is 0 Å². The number of rotatable bonds is 3. The number of aryl methyl sites for hydroxylation is 1. The van der Waals surface area contributed by atoms with Gasteiger partial charge in [0.05, 0.1) is 12.1 Å². The Labute approximate surface area is 134 Å². The monoisotopic (exact) mass is 345 g/mol. The summed E-state index contributed by atoms with van der Waals surface area (Å²) in [4.78, 5) is 0. The molecular weight excluding hydrogens is 326 g/mol. The van der Waals surface area contributed by atoms with E-state index in [9.17, 15) is 5.11 Å². The van der Waals surface area contributed by atoms with Crippen molar-refractivity contribution in [3.63, 3.8) is 0 Å². The van der Waals surface area contributed by atoms with Crippen molar-refractivity contribution in [1.82, 2.24) is 0 Å². The molecule has 0 saturated carbocycles. The van der Waals surface area contributed by atoms with Gasteiger partial charge in [-0.2, -0.15) is 0 Å². The van der Waals surface area contributed by atoms with E-state index in [1.54, 1.807) is 0 Å². The van der Waals surface area contributed by atoms with Crippen LogP contribution in [0.1, 0.15) is 30.4 Å². The summed E-state index contributed by atoms with van der Waals surface area (Å²) in [5.41, 5.74) is 3.27. The first-order valence-electron chi connectivity index (χ1n) is 7.46. The van der Waals surface area contributed by atoms with Gasteiger partial charge in [-0.05, 0) is 54.7 Å². The minimum Gasteiger partial charge on any atom is -0.394 e. The first-order valence-corrected chi connectivity index (χ1v) is 8.26. The van der Waals surface area contributed by atoms with Gasteiger partial charge in [-0.1, -0.05) is 46.6 Å². The predicted molar refractivity (Wildman–Crippen MR) is 90.5 cm³/mol. The summed E-state index contributed by atoms with van der Waals surface area (Å²) in [6.07, 6.45) is 4.36. The molecule has 0 bridgehead atoms. The fourth-order valence-corrected chi connectivity index (χ4v) is 3.49. The lowest BCUT2D eigenvalue weighted by Gasteiger charge is -2.35. The molecule has 0 aliphatic heterocycles. The van der Waals surface area contributed by atoms with Crippen molar-refractivity contribution in [3.05, 3.63) is 64.1 Å². The second-order valence-corrected chi connectivity index (χ2v) is 6.65. The molecule has 0 radical (unpaired) electrons. The third-order valence-electron chi connectivity index (χ3n) is 4.33. The van der Waals surface area contributed by atoms with Gasteiger partial charge in [0, 0.05) is 10.2 Å². The molecule has 21 heavy (non-hydrogen) atoms. The van der Waals surface area contributed by atoms with Gasteiger partial charge in [0.2, 0.25) is 0 Å². The van der Waals surface area contributed by atoms with Crippen LogP contribution in [0.5, 0.6) is 0 Å². The second kappa shape index (κ2) is 6.20. The Kier molecular flexibility index (Phi) is 4.32. The van der Waals surface area contributed by atoms with E-state index in [0.717, 1.165) is 29.4 Å². The van der Waals surface area contributed by atoms with Crippen LogP contribution in [-0.4, -0.2) is 11.7 Å². The number of anilines is 1. The van der Waals surface area contributed by atoms with Crippen LogP contribution < -0.4 is 5.32 Å². The standard InChI is InChI=1S/C18H20BrNO/c19-15-8-10-16(11-9-15)20-18(13-21)12-4-3-6-14-5-1-2-7-17(14)18/h1-2,5,7-11,20-21H,3-4,6,12-13H2. The SMILES string of the molecule is OCC1(Nc2ccc(Br)cc2)CCCCc2ccccc21. The van der Waals surface area contributed by atoms with Gasteiger partial charge in [0.25, 0.3) is 0 Å². The van der Waals surface area contributed by atoms with E-state index in [1.807, 2.05) is 12.1 Å². The molecule has 1 unspecified atom stereocenters. The summed E-state index contributed by atoms with van der Waals surface area (Å²) in [5, 5.41) is 13.8. The Morgan fingerprint density at radius 2 is 1.81 bits per heavy atom. The Bertz CT molecular complexity index is 611. The summed E-state index contributed by atoms with van der Waals surface area (Å²) >= 11 is 3.46. The average molecular weight is 346 g/mol. The molecule has 0 spiro atoms. The van der Waals surface area contributed by atoms with Crippen molar-refractivity contribution in [3.8, 4) is 0 Å². The highest BCUT2D eigenvalue weighted by Gasteiger charge is 2.34. The molecule has 0 heterocycles. The van der Waals surface area contributed by atoms with Crippen LogP contribution in [-0.2, 0) is 12.0 Å². The van der Waals surface area contributed by atoms with Crippen molar-refractivity contribution in [2.24, 2.45) is 0 Å². The Morgan fingerprint density at radius 1 is 1.05 bits per heavy atom. The topological polar surface area (TPSA) is 32.3 Å². The molecule has 110 valence electrons. The third kappa shape index (κ3) is 2.99. The fourth-order valence-electron chi connectivity index (χ4n) is 3.23. The van der Waals surface area contributed by atoms with Crippen LogP contribution in [0.25, 0.3) is 0 Å². The molecule has 0 saturated heterocycles. The lowest BCUT2D eigenvalue weighted by atomic mass is 9.84. The maximum atomic E-state index is 10.2. The molecule has 2 nitrogen and oxygen atoms in total. The van der Waals surface area contributed by atoms with Crippen LogP contribution in [0.15, 0.2) is 53.0 Å². The maximum absolute atomic E-state index is 10.2. The van der Waals surface area contributed by atoms with Crippen LogP contribution >= 0.6 is 15.9 Å². The van der Waals surface area contributed by atoms with Crippen molar-refractivity contribution in [1.29, 1.82) is 0 Å². The smallest absolute Gasteiger partial charge is 0.0859 e. The zero-order valence-electron chi connectivity index (χ0n) is 12.0. The number of hydrogen-bond acceptors (Lipinski definition) is 2. The van der Waals surface area contributed by atoms with Gasteiger partial charge >= 0.3 is 0 Å². The van der Waals surface area contributed by atoms with Gasteiger partial charge < -0.3 is 10.4 Å². The molecular formula is C18H20BrNO. The van der Waals surface area contributed by atoms with Gasteiger partial charge in [0.1, 0.15) is 0 Å². The molecule has 1 aliphatic rings. The number of benzene rings is 2. The Hall–Kier alpha value is -1.32. The van der Waals surface area contributed by atoms with Gasteiger partial charge in [0.15, 0.2) is 0 Å². The van der Waals surface area contributed by atoms with E-state index in [1.165, 1.54) is 17.5 Å². The lowest BCUT2D eigenvalue weighted by Crippen LogP contribution is -2.39. The lowest BCUT2D eigenvalue weighted by molar-refractivity contribution is 0.202. The van der Waals surface area contributed by atoms with E-state index in [2.05, 4.69) is 57.6 Å². The van der Waals surface area contributed by atoms with Gasteiger partial charge in [-0.3, -0.25) is 0 Å². The van der Waals surface area contributed by atoms with E-state index >= 15 is 0 Å². The zero-order chi connectivity index (χ0) is 14.7. The summed E-state index contributed by atoms with van der Waals surface area (Å²) in [5.74, 6) is 0. The summed E-state index contributed by atoms with van der Waals surface area (Å²) in [6.45, 7) is 0.111. The fraction of sp³-hybridized carbons (Fsp3) is 0.333. The molecule has 0 amide bonds. The van der Waals surface area contributed by atoms with Crippen LogP contribution in [0.4, 0.5) is 5.69 Å². The number of nitrogens with one attached hydrogen (secondary N) is 1. The summed E-state index contributed by atoms with van der Waals surface area (Å²) < 4.78 is 1.06. The highest BCUT2D eigenvalue weighted by molar-refractivity contribution is 9.10. The number of aliphatic hydroxyl groups is 1. The number of fused-ring (bicyclic) bond motifs is 1. The second-order valence-electron chi connectivity index (χ2n) is 5.74. The number of halogens is 1. The van der Waals surface area contributed by atoms with E-state index in [4.69, 9.17) is 0 Å².